The third-order valence-corrected chi connectivity index (χ3v) is 1.95. The minimum atomic E-state index is -1.39. The molecule has 0 atom stereocenters. The Hall–Kier alpha value is -2.17. The van der Waals surface area contributed by atoms with Gasteiger partial charge in [0.15, 0.2) is 0 Å². The molecule has 5 nitrogen and oxygen atoms in total. The van der Waals surface area contributed by atoms with Gasteiger partial charge in [0.05, 0.1) is 14.2 Å². The first-order valence-electron chi connectivity index (χ1n) is 4.44. The fourth-order valence-electron chi connectivity index (χ4n) is 1.15. The van der Waals surface area contributed by atoms with Crippen LogP contribution in [0.2, 0.25) is 0 Å². The number of aliphatic hydroxyl groups excluding tert-OH is 1. The maximum absolute atomic E-state index is 10.4. The van der Waals surface area contributed by atoms with Crippen LogP contribution in [0.1, 0.15) is 5.56 Å². The zero-order valence-electron chi connectivity index (χ0n) is 8.93. The summed E-state index contributed by atoms with van der Waals surface area (Å²) in [4.78, 5) is 10.4. The van der Waals surface area contributed by atoms with E-state index in [0.717, 1.165) is 6.08 Å². The molecule has 0 unspecified atom stereocenters. The van der Waals surface area contributed by atoms with Gasteiger partial charge in [0.25, 0.3) is 0 Å². The summed E-state index contributed by atoms with van der Waals surface area (Å²) < 4.78 is 10.0. The Bertz CT molecular complexity index is 422. The molecule has 5 heteroatoms. The monoisotopic (exact) mass is 224 g/mol. The van der Waals surface area contributed by atoms with Crippen LogP contribution in [0.5, 0.6) is 11.5 Å². The van der Waals surface area contributed by atoms with Gasteiger partial charge in [-0.25, -0.2) is 4.79 Å². The quantitative estimate of drug-likeness (QED) is 0.601. The molecular formula is C11H12O5. The predicted octanol–water partition coefficient (Wildman–Crippen LogP) is 1.69. The van der Waals surface area contributed by atoms with E-state index >= 15 is 0 Å². The van der Waals surface area contributed by atoms with Gasteiger partial charge in [-0.3, -0.25) is 0 Å². The molecule has 0 saturated heterocycles. The van der Waals surface area contributed by atoms with Crippen molar-refractivity contribution in [2.75, 3.05) is 14.2 Å². The second-order valence-electron chi connectivity index (χ2n) is 2.94. The van der Waals surface area contributed by atoms with Gasteiger partial charge < -0.3 is 19.7 Å². The Balaban J connectivity index is 3.14. The number of carbonyl (C=O) groups is 1. The number of carboxylic acids is 1. The number of methoxy groups -OCH3 is 2. The molecule has 0 bridgehead atoms. The average molecular weight is 224 g/mol. The Labute approximate surface area is 92.5 Å². The highest BCUT2D eigenvalue weighted by Gasteiger charge is 2.08. The molecule has 0 fully saturated rings. The van der Waals surface area contributed by atoms with E-state index in [1.165, 1.54) is 14.2 Å². The predicted molar refractivity (Wildman–Crippen MR) is 57.8 cm³/mol. The number of ether oxygens (including phenoxy) is 2. The lowest BCUT2D eigenvalue weighted by Gasteiger charge is -2.07. The van der Waals surface area contributed by atoms with Gasteiger partial charge >= 0.3 is 5.97 Å². The van der Waals surface area contributed by atoms with Gasteiger partial charge in [-0.2, -0.15) is 0 Å². The molecule has 1 rings (SSSR count). The molecule has 16 heavy (non-hydrogen) atoms. The van der Waals surface area contributed by atoms with Crippen molar-refractivity contribution in [1.29, 1.82) is 0 Å². The maximum atomic E-state index is 10.4. The summed E-state index contributed by atoms with van der Waals surface area (Å²) in [6, 6.07) is 4.83. The molecule has 86 valence electrons. The Morgan fingerprint density at radius 1 is 1.25 bits per heavy atom. The molecule has 0 radical (unpaired) electrons. The van der Waals surface area contributed by atoms with Crippen LogP contribution in [0.4, 0.5) is 0 Å². The van der Waals surface area contributed by atoms with Crippen molar-refractivity contribution in [3.63, 3.8) is 0 Å². The highest BCUT2D eigenvalue weighted by Crippen LogP contribution is 2.26. The van der Waals surface area contributed by atoms with Crippen molar-refractivity contribution >= 4 is 12.0 Å². The molecule has 1 aromatic carbocycles. The van der Waals surface area contributed by atoms with E-state index in [0.29, 0.717) is 17.1 Å². The van der Waals surface area contributed by atoms with Crippen molar-refractivity contribution in [3.05, 3.63) is 29.5 Å². The molecule has 0 aromatic heterocycles. The largest absolute Gasteiger partial charge is 0.502 e. The lowest BCUT2D eigenvalue weighted by atomic mass is 10.1. The van der Waals surface area contributed by atoms with E-state index in [-0.39, 0.29) is 0 Å². The van der Waals surface area contributed by atoms with Crippen LogP contribution in [-0.2, 0) is 4.79 Å². The number of aliphatic carboxylic acids is 1. The van der Waals surface area contributed by atoms with Crippen LogP contribution in [-0.4, -0.2) is 30.4 Å². The topological polar surface area (TPSA) is 76.0 Å². The highest BCUT2D eigenvalue weighted by atomic mass is 16.5. The molecule has 0 heterocycles. The van der Waals surface area contributed by atoms with Crippen molar-refractivity contribution in [2.45, 2.75) is 0 Å². The SMILES string of the molecule is COc1ccc(/C=C(\O)C(=O)O)c(OC)c1. The number of hydrogen-bond acceptors (Lipinski definition) is 4. The molecule has 0 aliphatic heterocycles. The number of carboxylic acid groups (broad SMARTS) is 1. The van der Waals surface area contributed by atoms with Crippen LogP contribution < -0.4 is 9.47 Å². The van der Waals surface area contributed by atoms with Gasteiger partial charge in [0.2, 0.25) is 5.76 Å². The van der Waals surface area contributed by atoms with E-state index < -0.39 is 11.7 Å². The summed E-state index contributed by atoms with van der Waals surface area (Å²) in [7, 11) is 2.96. The van der Waals surface area contributed by atoms with E-state index in [1.807, 2.05) is 0 Å². The Kier molecular flexibility index (Phi) is 3.77. The molecule has 0 aliphatic rings. The molecule has 0 saturated carbocycles. The first-order valence-corrected chi connectivity index (χ1v) is 4.44. The molecule has 0 aliphatic carbocycles. The van der Waals surface area contributed by atoms with Crippen LogP contribution in [0.3, 0.4) is 0 Å². The number of benzene rings is 1. The third-order valence-electron chi connectivity index (χ3n) is 1.95. The normalized spacial score (nSPS) is 11.0. The van der Waals surface area contributed by atoms with Crippen LogP contribution in [0, 0.1) is 0 Å². The second kappa shape index (κ2) is 5.06. The second-order valence-corrected chi connectivity index (χ2v) is 2.94. The zero-order chi connectivity index (χ0) is 12.1. The summed E-state index contributed by atoms with van der Waals surface area (Å²) in [5.74, 6) is -1.13. The van der Waals surface area contributed by atoms with Crippen molar-refractivity contribution in [3.8, 4) is 11.5 Å². The van der Waals surface area contributed by atoms with Crippen LogP contribution in [0.25, 0.3) is 6.08 Å². The molecule has 0 amide bonds. The van der Waals surface area contributed by atoms with E-state index in [1.54, 1.807) is 18.2 Å². The van der Waals surface area contributed by atoms with Gasteiger partial charge in [-0.15, -0.1) is 0 Å². The van der Waals surface area contributed by atoms with E-state index in [2.05, 4.69) is 0 Å². The lowest BCUT2D eigenvalue weighted by molar-refractivity contribution is -0.135. The summed E-state index contributed by atoms with van der Waals surface area (Å²) in [5.41, 5.74) is 0.461. The minimum Gasteiger partial charge on any atom is -0.502 e. The number of aliphatic hydroxyl groups is 1. The van der Waals surface area contributed by atoms with E-state index in [9.17, 15) is 4.79 Å². The van der Waals surface area contributed by atoms with Crippen molar-refractivity contribution in [2.24, 2.45) is 0 Å². The minimum absolute atomic E-state index is 0.423. The molecular weight excluding hydrogens is 212 g/mol. The molecule has 2 N–H and O–H groups in total. The highest BCUT2D eigenvalue weighted by molar-refractivity contribution is 5.89. The fourth-order valence-corrected chi connectivity index (χ4v) is 1.15. The summed E-state index contributed by atoms with van der Waals surface area (Å²) in [6.45, 7) is 0. The van der Waals surface area contributed by atoms with Crippen LogP contribution in [0.15, 0.2) is 24.0 Å². The van der Waals surface area contributed by atoms with E-state index in [4.69, 9.17) is 19.7 Å². The molecule has 1 aromatic rings. The first kappa shape index (κ1) is 11.9. The third kappa shape index (κ3) is 2.66. The number of rotatable bonds is 4. The smallest absolute Gasteiger partial charge is 0.370 e. The van der Waals surface area contributed by atoms with Gasteiger partial charge in [0.1, 0.15) is 11.5 Å². The standard InChI is InChI=1S/C11H12O5/c1-15-8-4-3-7(10(6-8)16-2)5-9(12)11(13)14/h3-6,12H,1-2H3,(H,13,14)/b9-5-. The Morgan fingerprint density at radius 2 is 1.94 bits per heavy atom. The summed E-state index contributed by atoms with van der Waals surface area (Å²) in [5, 5.41) is 17.6. The summed E-state index contributed by atoms with van der Waals surface area (Å²) >= 11 is 0. The lowest BCUT2D eigenvalue weighted by Crippen LogP contribution is -1.99. The Morgan fingerprint density at radius 3 is 2.44 bits per heavy atom. The zero-order valence-corrected chi connectivity index (χ0v) is 8.93. The van der Waals surface area contributed by atoms with Gasteiger partial charge in [-0.05, 0) is 18.2 Å². The average Bonchev–Trinajstić information content (AvgIpc) is 2.29. The van der Waals surface area contributed by atoms with Crippen molar-refractivity contribution in [1.82, 2.24) is 0 Å². The van der Waals surface area contributed by atoms with Crippen LogP contribution >= 0.6 is 0 Å². The molecule has 0 spiro atoms. The van der Waals surface area contributed by atoms with Gasteiger partial charge in [0, 0.05) is 11.6 Å². The first-order chi connectivity index (χ1) is 7.58. The number of hydrogen-bond donors (Lipinski definition) is 2. The maximum Gasteiger partial charge on any atom is 0.370 e. The van der Waals surface area contributed by atoms with Crippen molar-refractivity contribution < 1.29 is 24.5 Å². The fraction of sp³-hybridized carbons (Fsp3) is 0.182. The summed E-state index contributed by atoms with van der Waals surface area (Å²) in [6.07, 6.45) is 1.11. The van der Waals surface area contributed by atoms with Gasteiger partial charge in [-0.1, -0.05) is 0 Å².